The van der Waals surface area contributed by atoms with Crippen LogP contribution in [0.3, 0.4) is 0 Å². The molecule has 0 aromatic carbocycles. The summed E-state index contributed by atoms with van der Waals surface area (Å²) in [6.45, 7) is 0.490. The molecule has 2 rings (SSSR count). The summed E-state index contributed by atoms with van der Waals surface area (Å²) in [5.41, 5.74) is 1.01. The molecule has 1 aliphatic rings. The van der Waals surface area contributed by atoms with Gasteiger partial charge in [0.15, 0.2) is 0 Å². The summed E-state index contributed by atoms with van der Waals surface area (Å²) in [6.07, 6.45) is 4.73. The van der Waals surface area contributed by atoms with Gasteiger partial charge in [-0.15, -0.1) is 0 Å². The van der Waals surface area contributed by atoms with Gasteiger partial charge in [0.1, 0.15) is 0 Å². The van der Waals surface area contributed by atoms with Crippen LogP contribution in [0.15, 0.2) is 24.5 Å². The minimum atomic E-state index is -3.42. The van der Waals surface area contributed by atoms with Crippen molar-refractivity contribution in [3.8, 4) is 0 Å². The molecule has 0 amide bonds. The first-order chi connectivity index (χ1) is 9.46. The highest BCUT2D eigenvalue weighted by Crippen LogP contribution is 2.27. The van der Waals surface area contributed by atoms with Crippen LogP contribution in [0.25, 0.3) is 0 Å². The molecule has 0 bridgehead atoms. The van der Waals surface area contributed by atoms with Crippen molar-refractivity contribution in [3.63, 3.8) is 0 Å². The predicted octanol–water partition coefficient (Wildman–Crippen LogP) is 0.520. The summed E-state index contributed by atoms with van der Waals surface area (Å²) in [7, 11) is 1.31. The molecule has 0 unspecified atom stereocenters. The van der Waals surface area contributed by atoms with E-state index in [0.717, 1.165) is 5.56 Å². The van der Waals surface area contributed by atoms with E-state index >= 15 is 0 Å². The Morgan fingerprint density at radius 1 is 1.50 bits per heavy atom. The number of nitrogens with zero attached hydrogens (tertiary/aromatic N) is 3. The summed E-state index contributed by atoms with van der Waals surface area (Å²) in [5, 5.41) is 0. The maximum Gasteiger partial charge on any atom is 0.281 e. The maximum absolute atomic E-state index is 12.4. The van der Waals surface area contributed by atoms with Crippen molar-refractivity contribution in [1.29, 1.82) is 0 Å². The molecular weight excluding hydrogens is 278 g/mol. The van der Waals surface area contributed by atoms with Crippen LogP contribution < -0.4 is 0 Å². The van der Waals surface area contributed by atoms with Crippen LogP contribution in [0, 0.1) is 0 Å². The topological polar surface area (TPSA) is 62.7 Å². The fourth-order valence-electron chi connectivity index (χ4n) is 2.56. The third-order valence-electron chi connectivity index (χ3n) is 3.66. The Kier molecular flexibility index (Phi) is 4.74. The van der Waals surface area contributed by atoms with Crippen molar-refractivity contribution in [2.45, 2.75) is 25.0 Å². The van der Waals surface area contributed by atoms with Crippen molar-refractivity contribution in [2.24, 2.45) is 0 Å². The number of hydrogen-bond donors (Lipinski definition) is 0. The van der Waals surface area contributed by atoms with Gasteiger partial charge in [-0.3, -0.25) is 4.98 Å². The van der Waals surface area contributed by atoms with E-state index in [0.29, 0.717) is 19.4 Å². The van der Waals surface area contributed by atoms with E-state index in [1.54, 1.807) is 33.6 Å². The number of pyridine rings is 1. The van der Waals surface area contributed by atoms with Crippen LogP contribution >= 0.6 is 0 Å². The summed E-state index contributed by atoms with van der Waals surface area (Å²) < 4.78 is 33.0. The van der Waals surface area contributed by atoms with Crippen molar-refractivity contribution in [3.05, 3.63) is 30.1 Å². The van der Waals surface area contributed by atoms with E-state index in [4.69, 9.17) is 4.74 Å². The average Bonchev–Trinajstić information content (AvgIpc) is 2.83. The third-order valence-corrected chi connectivity index (χ3v) is 5.63. The fraction of sp³-hybridized carbons (Fsp3) is 0.615. The van der Waals surface area contributed by atoms with Crippen LogP contribution in [0.4, 0.5) is 0 Å². The van der Waals surface area contributed by atoms with Gasteiger partial charge in [-0.1, -0.05) is 6.07 Å². The first-order valence-corrected chi connectivity index (χ1v) is 7.97. The van der Waals surface area contributed by atoms with E-state index < -0.39 is 10.2 Å². The molecule has 0 saturated carbocycles. The summed E-state index contributed by atoms with van der Waals surface area (Å²) in [5.74, 6) is 0. The number of rotatable bonds is 5. The lowest BCUT2D eigenvalue weighted by molar-refractivity contribution is 0.0802. The van der Waals surface area contributed by atoms with Gasteiger partial charge in [-0.05, 0) is 24.5 Å². The minimum Gasteiger partial charge on any atom is -0.380 e. The number of methoxy groups -OCH3 is 1. The number of ether oxygens (including phenoxy) is 1. The normalized spacial score (nSPS) is 24.4. The molecule has 1 saturated heterocycles. The molecule has 2 atom stereocenters. The molecule has 1 aromatic heterocycles. The molecule has 1 fully saturated rings. The van der Waals surface area contributed by atoms with Gasteiger partial charge in [0.2, 0.25) is 0 Å². The van der Waals surface area contributed by atoms with Gasteiger partial charge in [-0.25, -0.2) is 0 Å². The highest BCUT2D eigenvalue weighted by molar-refractivity contribution is 7.86. The molecule has 20 heavy (non-hydrogen) atoms. The van der Waals surface area contributed by atoms with Crippen LogP contribution in [-0.4, -0.2) is 61.9 Å². The monoisotopic (exact) mass is 299 g/mol. The molecule has 1 aliphatic heterocycles. The smallest absolute Gasteiger partial charge is 0.281 e. The second-order valence-corrected chi connectivity index (χ2v) is 7.19. The SMILES string of the molecule is CO[C@@H]1CCN(S(=O)(=O)N(C)C)[C@H]1Cc1cccnc1. The Morgan fingerprint density at radius 2 is 2.25 bits per heavy atom. The summed E-state index contributed by atoms with van der Waals surface area (Å²) >= 11 is 0. The second-order valence-electron chi connectivity index (χ2n) is 5.10. The highest BCUT2D eigenvalue weighted by atomic mass is 32.2. The van der Waals surface area contributed by atoms with Crippen LogP contribution in [-0.2, 0) is 21.4 Å². The minimum absolute atomic E-state index is 0.0788. The van der Waals surface area contributed by atoms with E-state index in [2.05, 4.69) is 4.98 Å². The Balaban J connectivity index is 2.25. The molecule has 1 aromatic rings. The van der Waals surface area contributed by atoms with E-state index in [9.17, 15) is 8.42 Å². The first-order valence-electron chi connectivity index (χ1n) is 6.58. The maximum atomic E-state index is 12.4. The van der Waals surface area contributed by atoms with E-state index in [-0.39, 0.29) is 12.1 Å². The lowest BCUT2D eigenvalue weighted by atomic mass is 10.0. The summed E-state index contributed by atoms with van der Waals surface area (Å²) in [4.78, 5) is 4.08. The van der Waals surface area contributed by atoms with Gasteiger partial charge in [0, 0.05) is 40.1 Å². The van der Waals surface area contributed by atoms with Crippen LogP contribution in [0.2, 0.25) is 0 Å². The Bertz CT molecular complexity index is 533. The lowest BCUT2D eigenvalue weighted by Gasteiger charge is -2.29. The largest absolute Gasteiger partial charge is 0.380 e. The molecule has 2 heterocycles. The first kappa shape index (κ1) is 15.4. The Morgan fingerprint density at radius 3 is 2.80 bits per heavy atom. The zero-order valence-electron chi connectivity index (χ0n) is 12.1. The van der Waals surface area contributed by atoms with Gasteiger partial charge in [0.25, 0.3) is 10.2 Å². The molecule has 0 radical (unpaired) electrons. The van der Waals surface area contributed by atoms with E-state index in [1.807, 2.05) is 12.1 Å². The molecule has 7 heteroatoms. The Hall–Kier alpha value is -1.02. The predicted molar refractivity (Wildman–Crippen MR) is 76.5 cm³/mol. The number of hydrogen-bond acceptors (Lipinski definition) is 4. The quantitative estimate of drug-likeness (QED) is 0.795. The third kappa shape index (κ3) is 3.01. The Labute approximate surface area is 120 Å². The molecule has 112 valence electrons. The molecule has 0 aliphatic carbocycles. The second kappa shape index (κ2) is 6.17. The zero-order chi connectivity index (χ0) is 14.8. The molecule has 0 N–H and O–H groups in total. The lowest BCUT2D eigenvalue weighted by Crippen LogP contribution is -2.46. The fourth-order valence-corrected chi connectivity index (χ4v) is 3.87. The van der Waals surface area contributed by atoms with Crippen molar-refractivity contribution in [1.82, 2.24) is 13.6 Å². The van der Waals surface area contributed by atoms with Crippen LogP contribution in [0.5, 0.6) is 0 Å². The summed E-state index contributed by atoms with van der Waals surface area (Å²) in [6, 6.07) is 3.63. The number of aromatic nitrogens is 1. The van der Waals surface area contributed by atoms with Crippen molar-refractivity contribution in [2.75, 3.05) is 27.7 Å². The van der Waals surface area contributed by atoms with Crippen molar-refractivity contribution >= 4 is 10.2 Å². The van der Waals surface area contributed by atoms with Crippen molar-refractivity contribution < 1.29 is 13.2 Å². The average molecular weight is 299 g/mol. The zero-order valence-corrected chi connectivity index (χ0v) is 12.9. The molecular formula is C13H21N3O3S. The standard InChI is InChI=1S/C13H21N3O3S/c1-15(2)20(17,18)16-8-6-13(19-3)12(16)9-11-5-4-7-14-10-11/h4-5,7,10,12-13H,6,8-9H2,1-3H3/t12-,13+/m0/s1. The van der Waals surface area contributed by atoms with Gasteiger partial charge < -0.3 is 4.74 Å². The van der Waals surface area contributed by atoms with E-state index in [1.165, 1.54) is 8.61 Å². The van der Waals surface area contributed by atoms with Gasteiger partial charge in [0.05, 0.1) is 12.1 Å². The van der Waals surface area contributed by atoms with Gasteiger partial charge >= 0.3 is 0 Å². The highest BCUT2D eigenvalue weighted by Gasteiger charge is 2.41. The van der Waals surface area contributed by atoms with Gasteiger partial charge in [-0.2, -0.15) is 17.0 Å². The molecule has 0 spiro atoms. The van der Waals surface area contributed by atoms with Crippen LogP contribution in [0.1, 0.15) is 12.0 Å². The molecule has 6 nitrogen and oxygen atoms in total.